The van der Waals surface area contributed by atoms with Crippen molar-refractivity contribution in [2.24, 2.45) is 0 Å². The van der Waals surface area contributed by atoms with Gasteiger partial charge >= 0.3 is 6.03 Å². The molecule has 37 heavy (non-hydrogen) atoms. The number of piperidine rings is 1. The fourth-order valence-electron chi connectivity index (χ4n) is 4.40. The van der Waals surface area contributed by atoms with Gasteiger partial charge in [-0.15, -0.1) is 11.3 Å². The van der Waals surface area contributed by atoms with Crippen molar-refractivity contribution in [1.82, 2.24) is 20.5 Å². The van der Waals surface area contributed by atoms with E-state index in [1.165, 1.54) is 29.5 Å². The smallest absolute Gasteiger partial charge is 0.319 e. The number of urea groups is 1. The van der Waals surface area contributed by atoms with Crippen LogP contribution in [-0.2, 0) is 15.1 Å². The van der Waals surface area contributed by atoms with Gasteiger partial charge in [-0.1, -0.05) is 6.07 Å². The molecule has 3 N–H and O–H groups in total. The van der Waals surface area contributed by atoms with Gasteiger partial charge in [0.1, 0.15) is 22.3 Å². The van der Waals surface area contributed by atoms with E-state index in [0.29, 0.717) is 22.0 Å². The van der Waals surface area contributed by atoms with Crippen LogP contribution in [0.3, 0.4) is 0 Å². The standard InChI is InChI=1S/C25H23N5O6S/c1-25(2,23-28-19-16(36-3)5-4-6-17(19)37-23)29-24(35)26-12-7-8-13-14(11-12)22(34)30(21(13)33)15-9-10-18(31)27-20(15)32/h4-8,11,15H,9-10H2,1-3H3,(H2,26,29,35)(H,27,31,32). The van der Waals surface area contributed by atoms with Crippen LogP contribution in [0.25, 0.3) is 10.2 Å². The third kappa shape index (κ3) is 4.29. The number of thiazole rings is 1. The molecule has 0 saturated carbocycles. The van der Waals surface area contributed by atoms with Gasteiger partial charge in [-0.05, 0) is 50.6 Å². The van der Waals surface area contributed by atoms with Gasteiger partial charge in [0, 0.05) is 12.1 Å². The molecule has 190 valence electrons. The lowest BCUT2D eigenvalue weighted by atomic mass is 10.0. The second-order valence-corrected chi connectivity index (χ2v) is 10.3. The summed E-state index contributed by atoms with van der Waals surface area (Å²) < 4.78 is 6.30. The van der Waals surface area contributed by atoms with Gasteiger partial charge in [-0.2, -0.15) is 0 Å². The fraction of sp³-hybridized carbons (Fsp3) is 0.280. The first-order valence-corrected chi connectivity index (χ1v) is 12.3. The van der Waals surface area contributed by atoms with Crippen LogP contribution in [0, 0.1) is 0 Å². The molecule has 1 unspecified atom stereocenters. The van der Waals surface area contributed by atoms with Crippen molar-refractivity contribution < 1.29 is 28.7 Å². The van der Waals surface area contributed by atoms with Crippen LogP contribution in [0.1, 0.15) is 52.4 Å². The van der Waals surface area contributed by atoms with E-state index < -0.39 is 41.2 Å². The molecule has 2 aliphatic rings. The Bertz CT molecular complexity index is 1500. The minimum absolute atomic E-state index is 0.0357. The Balaban J connectivity index is 1.32. The Hall–Kier alpha value is -4.32. The Morgan fingerprint density at radius 2 is 1.89 bits per heavy atom. The van der Waals surface area contributed by atoms with Crippen molar-refractivity contribution in [1.29, 1.82) is 0 Å². The molecule has 1 fully saturated rings. The highest BCUT2D eigenvalue weighted by molar-refractivity contribution is 7.18. The highest BCUT2D eigenvalue weighted by Gasteiger charge is 2.44. The van der Waals surface area contributed by atoms with E-state index >= 15 is 0 Å². The SMILES string of the molecule is COc1cccc2sc(C(C)(C)NC(=O)Nc3ccc4c(c3)C(=O)N(C3CCC(=O)NC3=O)C4=O)nc12. The number of nitrogens with one attached hydrogen (secondary N) is 3. The van der Waals surface area contributed by atoms with Crippen LogP contribution in [0.2, 0.25) is 0 Å². The topological polar surface area (TPSA) is 147 Å². The summed E-state index contributed by atoms with van der Waals surface area (Å²) in [4.78, 5) is 67.9. The first kappa shape index (κ1) is 24.4. The van der Waals surface area contributed by atoms with Crippen LogP contribution in [0.15, 0.2) is 36.4 Å². The van der Waals surface area contributed by atoms with Crippen molar-refractivity contribution >= 4 is 56.9 Å². The number of methoxy groups -OCH3 is 1. The fourth-order valence-corrected chi connectivity index (χ4v) is 5.44. The number of rotatable bonds is 5. The van der Waals surface area contributed by atoms with Gasteiger partial charge in [-0.25, -0.2) is 9.78 Å². The Labute approximate surface area is 215 Å². The molecular weight excluding hydrogens is 498 g/mol. The summed E-state index contributed by atoms with van der Waals surface area (Å²) in [6, 6.07) is 8.37. The summed E-state index contributed by atoms with van der Waals surface area (Å²) in [5.74, 6) is -1.74. The number of hydrogen-bond donors (Lipinski definition) is 3. The monoisotopic (exact) mass is 521 g/mol. The number of hydrogen-bond acceptors (Lipinski definition) is 8. The highest BCUT2D eigenvalue weighted by atomic mass is 32.1. The molecule has 0 spiro atoms. The van der Waals surface area contributed by atoms with E-state index in [2.05, 4.69) is 20.9 Å². The average molecular weight is 522 g/mol. The number of aromatic nitrogens is 1. The van der Waals surface area contributed by atoms with E-state index in [1.807, 2.05) is 32.0 Å². The van der Waals surface area contributed by atoms with Crippen molar-refractivity contribution in [2.75, 3.05) is 12.4 Å². The number of nitrogens with zero attached hydrogens (tertiary/aromatic N) is 2. The van der Waals surface area contributed by atoms with Crippen molar-refractivity contribution in [2.45, 2.75) is 38.3 Å². The predicted octanol–water partition coefficient (Wildman–Crippen LogP) is 2.76. The van der Waals surface area contributed by atoms with Crippen molar-refractivity contribution in [3.63, 3.8) is 0 Å². The van der Waals surface area contributed by atoms with E-state index in [4.69, 9.17) is 4.74 Å². The highest BCUT2D eigenvalue weighted by Crippen LogP contribution is 2.34. The molecule has 1 saturated heterocycles. The number of imide groups is 2. The van der Waals surface area contributed by atoms with Crippen LogP contribution >= 0.6 is 11.3 Å². The minimum atomic E-state index is -1.06. The molecule has 2 aromatic carbocycles. The zero-order chi connectivity index (χ0) is 26.5. The lowest BCUT2D eigenvalue weighted by Crippen LogP contribution is -2.54. The minimum Gasteiger partial charge on any atom is -0.494 e. The third-order valence-electron chi connectivity index (χ3n) is 6.26. The molecule has 0 bridgehead atoms. The van der Waals surface area contributed by atoms with E-state index in [0.717, 1.165) is 9.60 Å². The maximum Gasteiger partial charge on any atom is 0.319 e. The van der Waals surface area contributed by atoms with Gasteiger partial charge in [0.15, 0.2) is 0 Å². The molecule has 3 aromatic rings. The quantitative estimate of drug-likeness (QED) is 0.438. The van der Waals surface area contributed by atoms with E-state index in [1.54, 1.807) is 7.11 Å². The van der Waals surface area contributed by atoms with Gasteiger partial charge in [0.25, 0.3) is 11.8 Å². The number of benzene rings is 2. The third-order valence-corrected chi connectivity index (χ3v) is 7.60. The first-order valence-electron chi connectivity index (χ1n) is 11.5. The summed E-state index contributed by atoms with van der Waals surface area (Å²) in [6.45, 7) is 3.64. The van der Waals surface area contributed by atoms with E-state index in [-0.39, 0.29) is 24.0 Å². The first-order chi connectivity index (χ1) is 17.6. The maximum absolute atomic E-state index is 13.0. The molecule has 5 rings (SSSR count). The zero-order valence-corrected chi connectivity index (χ0v) is 21.0. The lowest BCUT2D eigenvalue weighted by molar-refractivity contribution is -0.136. The van der Waals surface area contributed by atoms with Crippen LogP contribution < -0.4 is 20.7 Å². The second kappa shape index (κ2) is 8.96. The Morgan fingerprint density at radius 1 is 1.14 bits per heavy atom. The number of carbonyl (C=O) groups is 5. The molecule has 3 heterocycles. The number of carbonyl (C=O) groups excluding carboxylic acids is 5. The summed E-state index contributed by atoms with van der Waals surface area (Å²) in [5, 5.41) is 8.42. The molecule has 1 atom stereocenters. The second-order valence-electron chi connectivity index (χ2n) is 9.24. The summed E-state index contributed by atoms with van der Waals surface area (Å²) in [6.07, 6.45) is 0.102. The largest absolute Gasteiger partial charge is 0.494 e. The number of anilines is 1. The molecular formula is C25H23N5O6S. The summed E-state index contributed by atoms with van der Waals surface area (Å²) in [5.41, 5.74) is 0.380. The molecule has 11 nitrogen and oxygen atoms in total. The molecule has 6 amide bonds. The normalized spacial score (nSPS) is 17.6. The van der Waals surface area contributed by atoms with Crippen LogP contribution in [0.5, 0.6) is 5.75 Å². The molecule has 12 heteroatoms. The number of fused-ring (bicyclic) bond motifs is 2. The predicted molar refractivity (Wildman–Crippen MR) is 134 cm³/mol. The number of ether oxygens (including phenoxy) is 1. The van der Waals surface area contributed by atoms with Crippen molar-refractivity contribution in [3.8, 4) is 5.75 Å². The Morgan fingerprint density at radius 3 is 2.62 bits per heavy atom. The van der Waals surface area contributed by atoms with Gasteiger partial charge in [0.2, 0.25) is 11.8 Å². The molecule has 2 aliphatic heterocycles. The van der Waals surface area contributed by atoms with Gasteiger partial charge in [-0.3, -0.25) is 29.4 Å². The van der Waals surface area contributed by atoms with Gasteiger partial charge < -0.3 is 15.4 Å². The van der Waals surface area contributed by atoms with E-state index in [9.17, 15) is 24.0 Å². The molecule has 1 aromatic heterocycles. The average Bonchev–Trinajstić information content (AvgIpc) is 3.39. The van der Waals surface area contributed by atoms with Crippen LogP contribution in [0.4, 0.5) is 10.5 Å². The summed E-state index contributed by atoms with van der Waals surface area (Å²) >= 11 is 1.44. The number of amides is 6. The molecule has 0 radical (unpaired) electrons. The Kier molecular flexibility index (Phi) is 5.91. The van der Waals surface area contributed by atoms with Crippen LogP contribution in [-0.4, -0.2) is 52.7 Å². The maximum atomic E-state index is 13.0. The molecule has 0 aliphatic carbocycles. The summed E-state index contributed by atoms with van der Waals surface area (Å²) in [7, 11) is 1.57. The zero-order valence-electron chi connectivity index (χ0n) is 20.2. The number of para-hydroxylation sites is 1. The lowest BCUT2D eigenvalue weighted by Gasteiger charge is -2.27. The van der Waals surface area contributed by atoms with Crippen molar-refractivity contribution in [3.05, 3.63) is 52.5 Å². The van der Waals surface area contributed by atoms with Gasteiger partial charge in [0.05, 0.1) is 28.5 Å².